The third-order valence-corrected chi connectivity index (χ3v) is 1.81. The van der Waals surface area contributed by atoms with E-state index in [1.54, 1.807) is 6.92 Å². The number of rotatable bonds is 4. The Morgan fingerprint density at radius 3 is 2.15 bits per heavy atom. The van der Waals surface area contributed by atoms with E-state index in [0.717, 1.165) is 0 Å². The number of unbranched alkanes of at least 4 members (excludes halogenated alkanes) is 1. The fraction of sp³-hybridized carbons (Fsp3) is 0.857. The molecule has 0 heterocycles. The number of carboxylic acid groups (broad SMARTS) is 1. The van der Waals surface area contributed by atoms with E-state index in [-0.39, 0.29) is 6.42 Å². The Hall–Kier alpha value is -0.780. The Morgan fingerprint density at radius 1 is 1.46 bits per heavy atom. The van der Waals surface area contributed by atoms with Crippen LogP contribution in [0.25, 0.3) is 0 Å². The van der Waals surface area contributed by atoms with Gasteiger partial charge in [-0.05, 0) is 6.42 Å². The third-order valence-electron chi connectivity index (χ3n) is 1.81. The van der Waals surface area contributed by atoms with Gasteiger partial charge in [-0.25, -0.2) is 4.79 Å². The molecule has 0 unspecified atom stereocenters. The summed E-state index contributed by atoms with van der Waals surface area (Å²) in [7, 11) is 0. The maximum absolute atomic E-state index is 12.2. The SMILES string of the molecule is CCCC[C@@](N)(C(=O)O)C(F)(F)F. The molecular weight excluding hydrogens is 187 g/mol. The predicted octanol–water partition coefficient (Wildman–Crippen LogP) is 1.52. The molecule has 0 fully saturated rings. The molecule has 0 rings (SSSR count). The second-order valence-corrected chi connectivity index (χ2v) is 2.88. The molecule has 0 aliphatic rings. The molecule has 13 heavy (non-hydrogen) atoms. The molecule has 0 aromatic heterocycles. The van der Waals surface area contributed by atoms with Gasteiger partial charge in [0.15, 0.2) is 0 Å². The second-order valence-electron chi connectivity index (χ2n) is 2.88. The number of nitrogens with two attached hydrogens (primary N) is 1. The lowest BCUT2D eigenvalue weighted by Gasteiger charge is -2.26. The fourth-order valence-electron chi connectivity index (χ4n) is 0.826. The molecule has 0 saturated heterocycles. The molecule has 0 saturated carbocycles. The standard InChI is InChI=1S/C7H12F3NO2/c1-2-3-4-6(11,5(12)13)7(8,9)10/h2-4,11H2,1H3,(H,12,13)/t6-/m1/s1. The molecule has 0 aromatic carbocycles. The maximum Gasteiger partial charge on any atom is 0.417 e. The first-order valence-electron chi connectivity index (χ1n) is 3.84. The van der Waals surface area contributed by atoms with Crippen molar-refractivity contribution in [3.05, 3.63) is 0 Å². The van der Waals surface area contributed by atoms with Crippen LogP contribution in [0.15, 0.2) is 0 Å². The van der Waals surface area contributed by atoms with Crippen LogP contribution in [-0.2, 0) is 4.79 Å². The van der Waals surface area contributed by atoms with Crippen LogP contribution in [0.5, 0.6) is 0 Å². The molecule has 0 aliphatic carbocycles. The van der Waals surface area contributed by atoms with E-state index in [1.807, 2.05) is 0 Å². The molecule has 3 N–H and O–H groups in total. The first kappa shape index (κ1) is 12.2. The van der Waals surface area contributed by atoms with Gasteiger partial charge in [-0.2, -0.15) is 13.2 Å². The van der Waals surface area contributed by atoms with Crippen molar-refractivity contribution in [1.82, 2.24) is 0 Å². The lowest BCUT2D eigenvalue weighted by atomic mass is 9.93. The van der Waals surface area contributed by atoms with E-state index in [2.05, 4.69) is 0 Å². The van der Waals surface area contributed by atoms with Gasteiger partial charge >= 0.3 is 12.1 Å². The van der Waals surface area contributed by atoms with E-state index in [9.17, 15) is 18.0 Å². The van der Waals surface area contributed by atoms with Crippen LogP contribution >= 0.6 is 0 Å². The molecule has 6 heteroatoms. The van der Waals surface area contributed by atoms with Crippen molar-refractivity contribution in [2.24, 2.45) is 5.73 Å². The topological polar surface area (TPSA) is 63.3 Å². The minimum absolute atomic E-state index is 0.141. The van der Waals surface area contributed by atoms with Crippen molar-refractivity contribution in [2.45, 2.75) is 37.9 Å². The Bertz CT molecular complexity index is 193. The summed E-state index contributed by atoms with van der Waals surface area (Å²) >= 11 is 0. The number of hydrogen-bond acceptors (Lipinski definition) is 2. The van der Waals surface area contributed by atoms with Gasteiger partial charge in [0.05, 0.1) is 0 Å². The Morgan fingerprint density at radius 2 is 1.92 bits per heavy atom. The lowest BCUT2D eigenvalue weighted by Crippen LogP contribution is -2.59. The van der Waals surface area contributed by atoms with E-state index in [4.69, 9.17) is 10.8 Å². The zero-order valence-corrected chi connectivity index (χ0v) is 7.19. The summed E-state index contributed by atoms with van der Waals surface area (Å²) in [6, 6.07) is 0. The first-order chi connectivity index (χ1) is 5.75. The zero-order valence-electron chi connectivity index (χ0n) is 7.19. The van der Waals surface area contributed by atoms with Gasteiger partial charge in [0.2, 0.25) is 5.54 Å². The van der Waals surface area contributed by atoms with Crippen molar-refractivity contribution >= 4 is 5.97 Å². The van der Waals surface area contributed by atoms with Crippen LogP contribution in [0.2, 0.25) is 0 Å². The van der Waals surface area contributed by atoms with Gasteiger partial charge in [-0.1, -0.05) is 19.8 Å². The average molecular weight is 199 g/mol. The van der Waals surface area contributed by atoms with Crippen molar-refractivity contribution in [2.75, 3.05) is 0 Å². The van der Waals surface area contributed by atoms with Crippen molar-refractivity contribution in [1.29, 1.82) is 0 Å². The van der Waals surface area contributed by atoms with Crippen molar-refractivity contribution < 1.29 is 23.1 Å². The maximum atomic E-state index is 12.2. The summed E-state index contributed by atoms with van der Waals surface area (Å²) in [6.45, 7) is 1.67. The van der Waals surface area contributed by atoms with Crippen LogP contribution in [0.4, 0.5) is 13.2 Å². The molecule has 0 aromatic rings. The van der Waals surface area contributed by atoms with E-state index in [1.165, 1.54) is 0 Å². The van der Waals surface area contributed by atoms with Crippen molar-refractivity contribution in [3.63, 3.8) is 0 Å². The number of carboxylic acids is 1. The van der Waals surface area contributed by atoms with Gasteiger partial charge in [-0.3, -0.25) is 0 Å². The highest BCUT2D eigenvalue weighted by molar-refractivity contribution is 5.79. The number of aliphatic carboxylic acids is 1. The van der Waals surface area contributed by atoms with Crippen LogP contribution in [0.3, 0.4) is 0 Å². The van der Waals surface area contributed by atoms with E-state index >= 15 is 0 Å². The smallest absolute Gasteiger partial charge is 0.417 e. The van der Waals surface area contributed by atoms with Gasteiger partial charge in [0.25, 0.3) is 0 Å². The summed E-state index contributed by atoms with van der Waals surface area (Å²) < 4.78 is 36.5. The molecule has 3 nitrogen and oxygen atoms in total. The molecule has 78 valence electrons. The minimum Gasteiger partial charge on any atom is -0.480 e. The Labute approximate surface area is 73.7 Å². The highest BCUT2D eigenvalue weighted by Crippen LogP contribution is 2.32. The molecule has 0 aliphatic heterocycles. The molecule has 0 amide bonds. The van der Waals surface area contributed by atoms with Crippen LogP contribution in [-0.4, -0.2) is 22.8 Å². The number of alkyl halides is 3. The molecule has 0 spiro atoms. The summed E-state index contributed by atoms with van der Waals surface area (Å²) in [4.78, 5) is 10.3. The second kappa shape index (κ2) is 3.95. The fourth-order valence-corrected chi connectivity index (χ4v) is 0.826. The van der Waals surface area contributed by atoms with E-state index in [0.29, 0.717) is 6.42 Å². The monoisotopic (exact) mass is 199 g/mol. The predicted molar refractivity (Wildman–Crippen MR) is 40.1 cm³/mol. The lowest BCUT2D eigenvalue weighted by molar-refractivity contribution is -0.203. The van der Waals surface area contributed by atoms with E-state index < -0.39 is 24.1 Å². The van der Waals surface area contributed by atoms with Crippen LogP contribution in [0.1, 0.15) is 26.2 Å². The molecule has 1 atom stereocenters. The zero-order chi connectivity index (χ0) is 10.7. The first-order valence-corrected chi connectivity index (χ1v) is 3.84. The Balaban J connectivity index is 4.64. The summed E-state index contributed by atoms with van der Waals surface area (Å²) in [6.07, 6.45) is -4.86. The minimum atomic E-state index is -4.89. The highest BCUT2D eigenvalue weighted by atomic mass is 19.4. The van der Waals surface area contributed by atoms with Crippen molar-refractivity contribution in [3.8, 4) is 0 Å². The van der Waals surface area contributed by atoms with Crippen LogP contribution < -0.4 is 5.73 Å². The van der Waals surface area contributed by atoms with Gasteiger partial charge < -0.3 is 10.8 Å². The molecular formula is C7H12F3NO2. The van der Waals surface area contributed by atoms with Gasteiger partial charge in [0.1, 0.15) is 0 Å². The summed E-state index contributed by atoms with van der Waals surface area (Å²) in [5.74, 6) is -2.02. The summed E-state index contributed by atoms with van der Waals surface area (Å²) in [5, 5.41) is 8.35. The average Bonchev–Trinajstić information content (AvgIpc) is 1.97. The normalized spacial score (nSPS) is 16.7. The largest absolute Gasteiger partial charge is 0.480 e. The third kappa shape index (κ3) is 2.58. The number of carbonyl (C=O) groups is 1. The number of halogens is 3. The quantitative estimate of drug-likeness (QED) is 0.721. The van der Waals surface area contributed by atoms with Gasteiger partial charge in [-0.15, -0.1) is 0 Å². The number of hydrogen-bond donors (Lipinski definition) is 2. The Kier molecular flexibility index (Phi) is 3.71. The summed E-state index contributed by atoms with van der Waals surface area (Å²) in [5.41, 5.74) is 1.69. The van der Waals surface area contributed by atoms with Gasteiger partial charge in [0, 0.05) is 0 Å². The highest BCUT2D eigenvalue weighted by Gasteiger charge is 2.57. The molecule has 0 radical (unpaired) electrons. The molecule has 0 bridgehead atoms. The van der Waals surface area contributed by atoms with Crippen LogP contribution in [0, 0.1) is 0 Å².